The Bertz CT molecular complexity index is 479. The number of hydrogen-bond donors (Lipinski definition) is 1. The van der Waals surface area contributed by atoms with E-state index in [0.717, 1.165) is 30.8 Å². The van der Waals surface area contributed by atoms with Gasteiger partial charge in [-0.05, 0) is 52.1 Å². The molecule has 0 amide bonds. The van der Waals surface area contributed by atoms with E-state index in [0.29, 0.717) is 19.1 Å². The van der Waals surface area contributed by atoms with Gasteiger partial charge in [0.2, 0.25) is 0 Å². The van der Waals surface area contributed by atoms with Crippen molar-refractivity contribution in [2.24, 2.45) is 5.92 Å². The number of aryl methyl sites for hydroxylation is 2. The van der Waals surface area contributed by atoms with E-state index >= 15 is 0 Å². The van der Waals surface area contributed by atoms with E-state index in [9.17, 15) is 4.79 Å². The van der Waals surface area contributed by atoms with Gasteiger partial charge in [-0.2, -0.15) is 5.10 Å². The zero-order valence-electron chi connectivity index (χ0n) is 12.9. The largest absolute Gasteiger partial charge is 0.465 e. The van der Waals surface area contributed by atoms with Gasteiger partial charge < -0.3 is 10.1 Å². The lowest BCUT2D eigenvalue weighted by Gasteiger charge is -2.32. The number of rotatable bonds is 7. The first-order chi connectivity index (χ1) is 9.53. The molecule has 0 spiro atoms. The predicted molar refractivity (Wildman–Crippen MR) is 77.5 cm³/mol. The first kappa shape index (κ1) is 15.0. The number of carbonyl (C=O) groups is 1. The average Bonchev–Trinajstić information content (AvgIpc) is 3.17. The van der Waals surface area contributed by atoms with Crippen LogP contribution in [0, 0.1) is 19.8 Å². The van der Waals surface area contributed by atoms with E-state index in [-0.39, 0.29) is 5.97 Å². The topological polar surface area (TPSA) is 56.2 Å². The Hall–Kier alpha value is -1.36. The second kappa shape index (κ2) is 5.95. The fourth-order valence-corrected chi connectivity index (χ4v) is 2.86. The Morgan fingerprint density at radius 2 is 2.20 bits per heavy atom. The molecule has 1 heterocycles. The summed E-state index contributed by atoms with van der Waals surface area (Å²) in [7, 11) is 0. The van der Waals surface area contributed by atoms with Crippen molar-refractivity contribution < 1.29 is 9.53 Å². The van der Waals surface area contributed by atoms with E-state index in [4.69, 9.17) is 4.74 Å². The molecule has 5 nitrogen and oxygen atoms in total. The average molecular weight is 279 g/mol. The highest BCUT2D eigenvalue weighted by atomic mass is 16.5. The number of ether oxygens (including phenoxy) is 1. The summed E-state index contributed by atoms with van der Waals surface area (Å²) in [6.45, 7) is 9.57. The molecule has 1 unspecified atom stereocenters. The number of hydrogen-bond acceptors (Lipinski definition) is 4. The van der Waals surface area contributed by atoms with E-state index < -0.39 is 5.54 Å². The van der Waals surface area contributed by atoms with Gasteiger partial charge >= 0.3 is 5.97 Å². The molecule has 1 aromatic rings. The van der Waals surface area contributed by atoms with Crippen LogP contribution in [0.2, 0.25) is 0 Å². The van der Waals surface area contributed by atoms with Gasteiger partial charge in [0.25, 0.3) is 0 Å². The highest BCUT2D eigenvalue weighted by Crippen LogP contribution is 2.41. The molecule has 0 bridgehead atoms. The molecule has 0 aromatic carbocycles. The molecule has 0 saturated heterocycles. The van der Waals surface area contributed by atoms with Crippen molar-refractivity contribution in [2.45, 2.75) is 52.6 Å². The van der Waals surface area contributed by atoms with Crippen molar-refractivity contribution in [1.29, 1.82) is 0 Å². The Morgan fingerprint density at radius 3 is 2.65 bits per heavy atom. The summed E-state index contributed by atoms with van der Waals surface area (Å²) in [6.07, 6.45) is 2.15. The van der Waals surface area contributed by atoms with Crippen molar-refractivity contribution >= 4 is 5.97 Å². The minimum Gasteiger partial charge on any atom is -0.465 e. The maximum atomic E-state index is 12.5. The van der Waals surface area contributed by atoms with Gasteiger partial charge in [-0.15, -0.1) is 0 Å². The van der Waals surface area contributed by atoms with E-state index in [2.05, 4.69) is 10.4 Å². The lowest BCUT2D eigenvalue weighted by molar-refractivity contribution is -0.153. The lowest BCUT2D eigenvalue weighted by Crippen LogP contribution is -2.58. The number of esters is 1. The fourth-order valence-electron chi connectivity index (χ4n) is 2.86. The summed E-state index contributed by atoms with van der Waals surface area (Å²) in [5, 5.41) is 7.89. The molecule has 20 heavy (non-hydrogen) atoms. The highest BCUT2D eigenvalue weighted by molar-refractivity contribution is 5.81. The molecule has 5 heteroatoms. The molecule has 0 aliphatic heterocycles. The van der Waals surface area contributed by atoms with Gasteiger partial charge in [0.05, 0.1) is 18.8 Å². The maximum Gasteiger partial charge on any atom is 0.328 e. The zero-order valence-corrected chi connectivity index (χ0v) is 12.9. The van der Waals surface area contributed by atoms with Crippen LogP contribution < -0.4 is 5.32 Å². The lowest BCUT2D eigenvalue weighted by atomic mass is 9.92. The number of carbonyl (C=O) groups excluding carboxylic acids is 1. The van der Waals surface area contributed by atoms with Gasteiger partial charge in [0, 0.05) is 5.69 Å². The van der Waals surface area contributed by atoms with Gasteiger partial charge in [-0.25, -0.2) is 4.79 Å². The van der Waals surface area contributed by atoms with Crippen molar-refractivity contribution in [3.63, 3.8) is 0 Å². The van der Waals surface area contributed by atoms with Gasteiger partial charge in [0.15, 0.2) is 0 Å². The summed E-state index contributed by atoms with van der Waals surface area (Å²) in [5.41, 5.74) is 1.43. The molecular weight excluding hydrogens is 254 g/mol. The van der Waals surface area contributed by atoms with Crippen LogP contribution in [0.1, 0.15) is 38.1 Å². The Kier molecular flexibility index (Phi) is 4.48. The van der Waals surface area contributed by atoms with Gasteiger partial charge in [0.1, 0.15) is 5.54 Å². The summed E-state index contributed by atoms with van der Waals surface area (Å²) in [5.74, 6) is 0.210. The third-order valence-corrected chi connectivity index (χ3v) is 3.91. The maximum absolute atomic E-state index is 12.5. The first-order valence-electron chi connectivity index (χ1n) is 7.46. The van der Waals surface area contributed by atoms with Crippen LogP contribution in [0.5, 0.6) is 0 Å². The summed E-state index contributed by atoms with van der Waals surface area (Å²) >= 11 is 0. The normalized spacial score (nSPS) is 17.8. The molecule has 1 aliphatic carbocycles. The molecule has 0 radical (unpaired) electrons. The molecule has 1 saturated carbocycles. The second-order valence-corrected chi connectivity index (χ2v) is 5.58. The van der Waals surface area contributed by atoms with Crippen molar-refractivity contribution in [1.82, 2.24) is 15.1 Å². The zero-order chi connectivity index (χ0) is 14.8. The third kappa shape index (κ3) is 2.87. The Balaban J connectivity index is 2.29. The molecule has 1 aromatic heterocycles. The smallest absolute Gasteiger partial charge is 0.328 e. The molecule has 1 atom stereocenters. The number of likely N-dealkylation sites (N-methyl/N-ethyl adjacent to an activating group) is 1. The SMILES string of the molecule is CCNC(Cn1nc(C)cc1C)(C(=O)OCC)C1CC1. The van der Waals surface area contributed by atoms with Crippen LogP contribution in [0.3, 0.4) is 0 Å². The minimum absolute atomic E-state index is 0.142. The van der Waals surface area contributed by atoms with E-state index in [1.807, 2.05) is 38.4 Å². The first-order valence-corrected chi connectivity index (χ1v) is 7.46. The quantitative estimate of drug-likeness (QED) is 0.774. The molecule has 2 rings (SSSR count). The van der Waals surface area contributed by atoms with E-state index in [1.165, 1.54) is 0 Å². The van der Waals surface area contributed by atoms with Crippen molar-refractivity contribution in [2.75, 3.05) is 13.2 Å². The monoisotopic (exact) mass is 279 g/mol. The Morgan fingerprint density at radius 1 is 1.50 bits per heavy atom. The van der Waals surface area contributed by atoms with Crippen LogP contribution in [-0.4, -0.2) is 34.4 Å². The summed E-state index contributed by atoms with van der Waals surface area (Å²) < 4.78 is 7.26. The predicted octanol–water partition coefficient (Wildman–Crippen LogP) is 1.82. The number of nitrogens with one attached hydrogen (secondary N) is 1. The molecule has 112 valence electrons. The molecule has 1 aliphatic rings. The second-order valence-electron chi connectivity index (χ2n) is 5.58. The highest BCUT2D eigenvalue weighted by Gasteiger charge is 2.52. The van der Waals surface area contributed by atoms with Gasteiger partial charge in [-0.3, -0.25) is 4.68 Å². The summed E-state index contributed by atoms with van der Waals surface area (Å²) in [4.78, 5) is 12.5. The number of nitrogens with zero attached hydrogens (tertiary/aromatic N) is 2. The van der Waals surface area contributed by atoms with Crippen molar-refractivity contribution in [3.8, 4) is 0 Å². The third-order valence-electron chi connectivity index (χ3n) is 3.91. The minimum atomic E-state index is -0.631. The standard InChI is InChI=1S/C15H25N3O2/c1-5-16-15(13-7-8-13,14(19)20-6-2)10-18-12(4)9-11(3)17-18/h9,13,16H,5-8,10H2,1-4H3. The van der Waals surface area contributed by atoms with Crippen LogP contribution in [-0.2, 0) is 16.1 Å². The van der Waals surface area contributed by atoms with Gasteiger partial charge in [-0.1, -0.05) is 6.92 Å². The Labute approximate surface area is 120 Å². The van der Waals surface area contributed by atoms with Crippen LogP contribution >= 0.6 is 0 Å². The summed E-state index contributed by atoms with van der Waals surface area (Å²) in [6, 6.07) is 2.04. The van der Waals surface area contributed by atoms with Crippen LogP contribution in [0.15, 0.2) is 6.07 Å². The van der Waals surface area contributed by atoms with Crippen LogP contribution in [0.4, 0.5) is 0 Å². The number of aromatic nitrogens is 2. The fraction of sp³-hybridized carbons (Fsp3) is 0.733. The van der Waals surface area contributed by atoms with Crippen LogP contribution in [0.25, 0.3) is 0 Å². The van der Waals surface area contributed by atoms with E-state index in [1.54, 1.807) is 0 Å². The molecule has 1 fully saturated rings. The molecule has 1 N–H and O–H groups in total. The van der Waals surface area contributed by atoms with Crippen molar-refractivity contribution in [3.05, 3.63) is 17.5 Å². The molecular formula is C15H25N3O2.